The molecule has 0 aliphatic carbocycles. The van der Waals surface area contributed by atoms with Crippen LogP contribution in [-0.2, 0) is 0 Å². The van der Waals surface area contributed by atoms with Gasteiger partial charge in [-0.15, -0.1) is 5.10 Å². The van der Waals surface area contributed by atoms with Crippen molar-refractivity contribution in [3.8, 4) is 17.3 Å². The van der Waals surface area contributed by atoms with E-state index in [9.17, 15) is 14.0 Å². The Balaban J connectivity index is 1.50. The topological polar surface area (TPSA) is 123 Å². The molecule has 2 aromatic carbocycles. The number of unbranched alkanes of at least 4 members (excludes halogenated alkanes) is 4. The van der Waals surface area contributed by atoms with Gasteiger partial charge in [-0.05, 0) is 47.2 Å². The van der Waals surface area contributed by atoms with E-state index >= 15 is 0 Å². The zero-order valence-corrected chi connectivity index (χ0v) is 18.6. The molecule has 10 heteroatoms. The molecule has 2 aromatic heterocycles. The number of carbonyl (C=O) groups is 1. The number of H-pyrrole nitrogens is 1. The van der Waals surface area contributed by atoms with Gasteiger partial charge in [0, 0.05) is 17.7 Å². The molecule has 2 heterocycles. The number of rotatable bonds is 10. The number of fused-ring (bicyclic) bond motifs is 1. The van der Waals surface area contributed by atoms with Crippen LogP contribution in [0.2, 0.25) is 0 Å². The summed E-state index contributed by atoms with van der Waals surface area (Å²) in [6.07, 6.45) is 5.73. The largest absolute Gasteiger partial charge is 0.494 e. The first-order valence-electron chi connectivity index (χ1n) is 11.1. The molecule has 176 valence electrons. The van der Waals surface area contributed by atoms with Gasteiger partial charge in [0.15, 0.2) is 16.8 Å². The van der Waals surface area contributed by atoms with Gasteiger partial charge in [-0.2, -0.15) is 0 Å². The molecule has 9 nitrogen and oxygen atoms in total. The molecule has 0 atom stereocenters. The lowest BCUT2D eigenvalue weighted by molar-refractivity contribution is 0.102. The van der Waals surface area contributed by atoms with Crippen molar-refractivity contribution in [2.75, 3.05) is 11.9 Å². The van der Waals surface area contributed by atoms with Gasteiger partial charge in [0.2, 0.25) is 5.82 Å². The highest BCUT2D eigenvalue weighted by atomic mass is 19.1. The Bertz CT molecular complexity index is 1320. The van der Waals surface area contributed by atoms with E-state index in [2.05, 4.69) is 32.9 Å². The minimum Gasteiger partial charge on any atom is -0.494 e. The standard InChI is InChI=1S/C24H24FN5O4/c1-2-3-4-5-6-11-33-17-9-7-15(8-10-17)24(32)26-19-13-16(25)12-18-20(31)14-21(34-22(18)19)23-27-29-30-28-23/h7-10,12-14H,2-6,11H2,1H3,(H,26,32)(H,27,28,29,30). The van der Waals surface area contributed by atoms with Crippen LogP contribution in [0.15, 0.2) is 51.7 Å². The molecule has 0 bridgehead atoms. The highest BCUT2D eigenvalue weighted by Gasteiger charge is 2.17. The maximum absolute atomic E-state index is 14.2. The van der Waals surface area contributed by atoms with Gasteiger partial charge in [0.05, 0.1) is 17.7 Å². The molecule has 34 heavy (non-hydrogen) atoms. The first-order chi connectivity index (χ1) is 16.5. The van der Waals surface area contributed by atoms with E-state index < -0.39 is 17.2 Å². The van der Waals surface area contributed by atoms with Crippen LogP contribution in [0.25, 0.3) is 22.6 Å². The molecule has 0 unspecified atom stereocenters. The molecule has 0 spiro atoms. The number of tetrazole rings is 1. The summed E-state index contributed by atoms with van der Waals surface area (Å²) in [6, 6.07) is 9.93. The van der Waals surface area contributed by atoms with Crippen LogP contribution in [0, 0.1) is 5.82 Å². The predicted molar refractivity (Wildman–Crippen MR) is 124 cm³/mol. The Hall–Kier alpha value is -4.08. The van der Waals surface area contributed by atoms with Gasteiger partial charge in [0.1, 0.15) is 11.6 Å². The quantitative estimate of drug-likeness (QED) is 0.325. The number of anilines is 1. The molecule has 0 fully saturated rings. The second-order valence-electron chi connectivity index (χ2n) is 7.80. The van der Waals surface area contributed by atoms with Crippen LogP contribution < -0.4 is 15.5 Å². The lowest BCUT2D eigenvalue weighted by atomic mass is 10.1. The van der Waals surface area contributed by atoms with E-state index in [4.69, 9.17) is 9.15 Å². The fourth-order valence-electron chi connectivity index (χ4n) is 3.49. The molecule has 4 rings (SSSR count). The summed E-state index contributed by atoms with van der Waals surface area (Å²) in [5, 5.41) is 15.7. The van der Waals surface area contributed by atoms with Gasteiger partial charge < -0.3 is 14.5 Å². The van der Waals surface area contributed by atoms with Crippen molar-refractivity contribution in [3.05, 3.63) is 64.1 Å². The third kappa shape index (κ3) is 5.45. The Morgan fingerprint density at radius 2 is 1.91 bits per heavy atom. The van der Waals surface area contributed by atoms with Crippen molar-refractivity contribution < 1.29 is 18.3 Å². The number of benzene rings is 2. The smallest absolute Gasteiger partial charge is 0.255 e. The normalized spacial score (nSPS) is 11.0. The summed E-state index contributed by atoms with van der Waals surface area (Å²) in [5.41, 5.74) is -0.139. The first kappa shape index (κ1) is 23.1. The summed E-state index contributed by atoms with van der Waals surface area (Å²) in [4.78, 5) is 25.3. The fourth-order valence-corrected chi connectivity index (χ4v) is 3.49. The second-order valence-corrected chi connectivity index (χ2v) is 7.80. The van der Waals surface area contributed by atoms with Crippen LogP contribution in [0.1, 0.15) is 49.4 Å². The van der Waals surface area contributed by atoms with Crippen molar-refractivity contribution >= 4 is 22.6 Å². The lowest BCUT2D eigenvalue weighted by Crippen LogP contribution is -2.13. The summed E-state index contributed by atoms with van der Waals surface area (Å²) in [7, 11) is 0. The Morgan fingerprint density at radius 1 is 1.12 bits per heavy atom. The van der Waals surface area contributed by atoms with Crippen LogP contribution in [0.3, 0.4) is 0 Å². The maximum Gasteiger partial charge on any atom is 0.255 e. The summed E-state index contributed by atoms with van der Waals surface area (Å²) < 4.78 is 25.6. The zero-order valence-electron chi connectivity index (χ0n) is 18.6. The number of aromatic nitrogens is 4. The Labute approximate surface area is 194 Å². The number of ether oxygens (including phenoxy) is 1. The number of hydrogen-bond donors (Lipinski definition) is 2. The molecule has 0 radical (unpaired) electrons. The number of nitrogens with zero attached hydrogens (tertiary/aromatic N) is 3. The lowest BCUT2D eigenvalue weighted by Gasteiger charge is -2.10. The third-order valence-electron chi connectivity index (χ3n) is 5.25. The van der Waals surface area contributed by atoms with E-state index in [0.29, 0.717) is 17.9 Å². The number of aromatic amines is 1. The molecule has 1 amide bonds. The molecular weight excluding hydrogens is 441 g/mol. The minimum atomic E-state index is -0.688. The van der Waals surface area contributed by atoms with Gasteiger partial charge >= 0.3 is 0 Å². The number of hydrogen-bond acceptors (Lipinski definition) is 7. The monoisotopic (exact) mass is 465 g/mol. The van der Waals surface area contributed by atoms with Gasteiger partial charge in [-0.3, -0.25) is 9.59 Å². The molecular formula is C24H24FN5O4. The van der Waals surface area contributed by atoms with Crippen molar-refractivity contribution in [2.45, 2.75) is 39.0 Å². The van der Waals surface area contributed by atoms with E-state index in [1.807, 2.05) is 0 Å². The maximum atomic E-state index is 14.2. The van der Waals surface area contributed by atoms with Gasteiger partial charge in [0.25, 0.3) is 5.91 Å². The van der Waals surface area contributed by atoms with Crippen molar-refractivity contribution in [2.24, 2.45) is 0 Å². The summed E-state index contributed by atoms with van der Waals surface area (Å²) >= 11 is 0. The average molecular weight is 465 g/mol. The number of amides is 1. The molecule has 0 saturated heterocycles. The molecule has 0 aliphatic heterocycles. The van der Waals surface area contributed by atoms with Crippen molar-refractivity contribution in [1.82, 2.24) is 20.6 Å². The summed E-state index contributed by atoms with van der Waals surface area (Å²) in [6.45, 7) is 2.79. The van der Waals surface area contributed by atoms with Gasteiger partial charge in [-0.25, -0.2) is 9.49 Å². The van der Waals surface area contributed by atoms with E-state index in [1.165, 1.54) is 19.3 Å². The zero-order chi connectivity index (χ0) is 23.9. The second kappa shape index (κ2) is 10.7. The molecule has 2 N–H and O–H groups in total. The third-order valence-corrected chi connectivity index (χ3v) is 5.25. The fraction of sp³-hybridized carbons (Fsp3) is 0.292. The predicted octanol–water partition coefficient (Wildman–Crippen LogP) is 4.71. The molecule has 0 aliphatic rings. The van der Waals surface area contributed by atoms with E-state index in [1.54, 1.807) is 24.3 Å². The van der Waals surface area contributed by atoms with Crippen LogP contribution in [0.5, 0.6) is 5.75 Å². The van der Waals surface area contributed by atoms with Crippen molar-refractivity contribution in [1.29, 1.82) is 0 Å². The highest BCUT2D eigenvalue weighted by Crippen LogP contribution is 2.27. The van der Waals surface area contributed by atoms with Crippen molar-refractivity contribution in [3.63, 3.8) is 0 Å². The van der Waals surface area contributed by atoms with E-state index in [-0.39, 0.29) is 28.2 Å². The van der Waals surface area contributed by atoms with Gasteiger partial charge in [-0.1, -0.05) is 32.6 Å². The van der Waals surface area contributed by atoms with Crippen LogP contribution >= 0.6 is 0 Å². The average Bonchev–Trinajstić information content (AvgIpc) is 3.37. The minimum absolute atomic E-state index is 0.0108. The first-order valence-corrected chi connectivity index (χ1v) is 11.1. The molecule has 4 aromatic rings. The molecule has 0 saturated carbocycles. The number of carbonyl (C=O) groups excluding carboxylic acids is 1. The highest BCUT2D eigenvalue weighted by molar-refractivity contribution is 6.08. The number of nitrogens with one attached hydrogen (secondary N) is 2. The van der Waals surface area contributed by atoms with Crippen LogP contribution in [-0.4, -0.2) is 33.1 Å². The van der Waals surface area contributed by atoms with Crippen LogP contribution in [0.4, 0.5) is 10.1 Å². The van der Waals surface area contributed by atoms with E-state index in [0.717, 1.165) is 31.0 Å². The summed E-state index contributed by atoms with van der Waals surface area (Å²) in [5.74, 6) is -0.332. The SMILES string of the molecule is CCCCCCCOc1ccc(C(=O)Nc2cc(F)cc3c(=O)cc(-c4nnn[nH]4)oc23)cc1. The Morgan fingerprint density at radius 3 is 2.65 bits per heavy atom. The number of halogens is 1. The Kier molecular flexibility index (Phi) is 7.26.